The summed E-state index contributed by atoms with van der Waals surface area (Å²) in [6, 6.07) is 0. The number of rotatable bonds is 2. The summed E-state index contributed by atoms with van der Waals surface area (Å²) in [5.41, 5.74) is 0. The maximum Gasteiger partial charge on any atom is 0.0706 e. The van der Waals surface area contributed by atoms with Crippen molar-refractivity contribution >= 4 is 0 Å². The van der Waals surface area contributed by atoms with Crippen LogP contribution in [0.15, 0.2) is 0 Å². The van der Waals surface area contributed by atoms with Gasteiger partial charge in [0.25, 0.3) is 0 Å². The first-order valence-electron chi connectivity index (χ1n) is 5.71. The number of morpholine rings is 1. The molecule has 1 N–H and O–H groups in total. The van der Waals surface area contributed by atoms with Gasteiger partial charge in [-0.25, -0.2) is 0 Å². The van der Waals surface area contributed by atoms with Gasteiger partial charge in [0, 0.05) is 13.1 Å². The molecule has 0 aromatic rings. The van der Waals surface area contributed by atoms with Crippen LogP contribution in [0, 0.1) is 5.92 Å². The fraction of sp³-hybridized carbons (Fsp3) is 1.00. The van der Waals surface area contributed by atoms with Crippen molar-refractivity contribution in [3.8, 4) is 0 Å². The minimum Gasteiger partial charge on any atom is -0.373 e. The molecule has 0 radical (unpaired) electrons. The summed E-state index contributed by atoms with van der Waals surface area (Å²) in [6.45, 7) is 4.26. The van der Waals surface area contributed by atoms with E-state index in [1.807, 2.05) is 0 Å². The molecule has 1 saturated carbocycles. The Morgan fingerprint density at radius 3 is 2.69 bits per heavy atom. The standard InChI is InChI=1S/C11H21NO/c1-9-7-12-8-11(13-9)6-10-4-2-3-5-10/h9-12H,2-8H2,1H3. The van der Waals surface area contributed by atoms with E-state index in [4.69, 9.17) is 4.74 Å². The van der Waals surface area contributed by atoms with Crippen molar-refractivity contribution in [2.75, 3.05) is 13.1 Å². The van der Waals surface area contributed by atoms with Crippen molar-refractivity contribution in [2.45, 2.75) is 51.2 Å². The molecule has 1 heterocycles. The molecule has 2 rings (SSSR count). The first-order valence-corrected chi connectivity index (χ1v) is 5.71. The van der Waals surface area contributed by atoms with Crippen LogP contribution >= 0.6 is 0 Å². The summed E-state index contributed by atoms with van der Waals surface area (Å²) < 4.78 is 5.89. The third-order valence-corrected chi connectivity index (χ3v) is 3.30. The summed E-state index contributed by atoms with van der Waals surface area (Å²) in [6.07, 6.45) is 7.97. The monoisotopic (exact) mass is 183 g/mol. The van der Waals surface area contributed by atoms with Crippen molar-refractivity contribution in [1.82, 2.24) is 5.32 Å². The molecular formula is C11H21NO. The predicted octanol–water partition coefficient (Wildman–Crippen LogP) is 1.94. The average molecular weight is 183 g/mol. The van der Waals surface area contributed by atoms with Crippen LogP contribution in [0.2, 0.25) is 0 Å². The van der Waals surface area contributed by atoms with E-state index in [0.717, 1.165) is 19.0 Å². The van der Waals surface area contributed by atoms with Crippen molar-refractivity contribution in [2.24, 2.45) is 5.92 Å². The molecule has 1 saturated heterocycles. The van der Waals surface area contributed by atoms with E-state index in [2.05, 4.69) is 12.2 Å². The highest BCUT2D eigenvalue weighted by atomic mass is 16.5. The fourth-order valence-corrected chi connectivity index (χ4v) is 2.63. The zero-order valence-corrected chi connectivity index (χ0v) is 8.59. The molecule has 13 heavy (non-hydrogen) atoms. The Balaban J connectivity index is 1.73. The fourth-order valence-electron chi connectivity index (χ4n) is 2.63. The Bertz CT molecular complexity index is 154. The molecule has 0 spiro atoms. The lowest BCUT2D eigenvalue weighted by Gasteiger charge is -2.30. The van der Waals surface area contributed by atoms with Gasteiger partial charge in [-0.3, -0.25) is 0 Å². The number of ether oxygens (including phenoxy) is 1. The van der Waals surface area contributed by atoms with Gasteiger partial charge >= 0.3 is 0 Å². The maximum absolute atomic E-state index is 5.89. The normalized spacial score (nSPS) is 36.7. The van der Waals surface area contributed by atoms with Crippen LogP contribution in [0.4, 0.5) is 0 Å². The van der Waals surface area contributed by atoms with Gasteiger partial charge in [-0.2, -0.15) is 0 Å². The van der Waals surface area contributed by atoms with Gasteiger partial charge in [0.05, 0.1) is 12.2 Å². The minimum absolute atomic E-state index is 0.417. The quantitative estimate of drug-likeness (QED) is 0.706. The smallest absolute Gasteiger partial charge is 0.0706 e. The highest BCUT2D eigenvalue weighted by Gasteiger charge is 2.24. The Morgan fingerprint density at radius 2 is 2.00 bits per heavy atom. The predicted molar refractivity (Wildman–Crippen MR) is 53.8 cm³/mol. The van der Waals surface area contributed by atoms with Gasteiger partial charge < -0.3 is 10.1 Å². The van der Waals surface area contributed by atoms with E-state index in [0.29, 0.717) is 12.2 Å². The lowest BCUT2D eigenvalue weighted by molar-refractivity contribution is -0.0377. The Kier molecular flexibility index (Phi) is 3.23. The Hall–Kier alpha value is -0.0800. The van der Waals surface area contributed by atoms with E-state index in [9.17, 15) is 0 Å². The maximum atomic E-state index is 5.89. The molecule has 2 nitrogen and oxygen atoms in total. The summed E-state index contributed by atoms with van der Waals surface area (Å²) >= 11 is 0. The summed E-state index contributed by atoms with van der Waals surface area (Å²) in [4.78, 5) is 0. The molecule has 2 unspecified atom stereocenters. The van der Waals surface area contributed by atoms with Gasteiger partial charge in [-0.15, -0.1) is 0 Å². The highest BCUT2D eigenvalue weighted by Crippen LogP contribution is 2.29. The summed E-state index contributed by atoms with van der Waals surface area (Å²) in [5, 5.41) is 3.43. The van der Waals surface area contributed by atoms with Crippen molar-refractivity contribution in [3.05, 3.63) is 0 Å². The van der Waals surface area contributed by atoms with Gasteiger partial charge in [-0.05, 0) is 19.3 Å². The van der Waals surface area contributed by atoms with Crippen molar-refractivity contribution in [1.29, 1.82) is 0 Å². The SMILES string of the molecule is CC1CNCC(CC2CCCC2)O1. The first kappa shape index (κ1) is 9.47. The molecule has 1 aliphatic carbocycles. The molecule has 2 atom stereocenters. The second kappa shape index (κ2) is 4.43. The van der Waals surface area contributed by atoms with Crippen LogP contribution in [-0.4, -0.2) is 25.3 Å². The Labute approximate surface area is 81.0 Å². The van der Waals surface area contributed by atoms with Crippen LogP contribution < -0.4 is 5.32 Å². The zero-order chi connectivity index (χ0) is 9.10. The topological polar surface area (TPSA) is 21.3 Å². The van der Waals surface area contributed by atoms with E-state index < -0.39 is 0 Å². The molecule has 2 fully saturated rings. The minimum atomic E-state index is 0.417. The summed E-state index contributed by atoms with van der Waals surface area (Å²) in [7, 11) is 0. The van der Waals surface area contributed by atoms with Gasteiger partial charge in [0.2, 0.25) is 0 Å². The third-order valence-electron chi connectivity index (χ3n) is 3.30. The highest BCUT2D eigenvalue weighted by molar-refractivity contribution is 4.77. The van der Waals surface area contributed by atoms with Gasteiger partial charge in [-0.1, -0.05) is 25.7 Å². The van der Waals surface area contributed by atoms with E-state index in [-0.39, 0.29) is 0 Å². The third kappa shape index (κ3) is 2.68. The van der Waals surface area contributed by atoms with Crippen LogP contribution in [0.25, 0.3) is 0 Å². The van der Waals surface area contributed by atoms with Crippen LogP contribution in [0.1, 0.15) is 39.0 Å². The number of nitrogens with one attached hydrogen (secondary N) is 1. The van der Waals surface area contributed by atoms with E-state index in [1.165, 1.54) is 32.1 Å². The largest absolute Gasteiger partial charge is 0.373 e. The summed E-state index contributed by atoms with van der Waals surface area (Å²) in [5.74, 6) is 0.956. The molecule has 2 aliphatic rings. The zero-order valence-electron chi connectivity index (χ0n) is 8.59. The van der Waals surface area contributed by atoms with Crippen molar-refractivity contribution < 1.29 is 4.74 Å². The molecule has 76 valence electrons. The molecular weight excluding hydrogens is 162 g/mol. The second-order valence-electron chi connectivity index (χ2n) is 4.61. The molecule has 1 aliphatic heterocycles. The Morgan fingerprint density at radius 1 is 1.23 bits per heavy atom. The molecule has 0 aromatic carbocycles. The molecule has 0 amide bonds. The van der Waals surface area contributed by atoms with E-state index >= 15 is 0 Å². The second-order valence-corrected chi connectivity index (χ2v) is 4.61. The van der Waals surface area contributed by atoms with Crippen molar-refractivity contribution in [3.63, 3.8) is 0 Å². The average Bonchev–Trinajstić information content (AvgIpc) is 2.57. The lowest BCUT2D eigenvalue weighted by Crippen LogP contribution is -2.43. The van der Waals surface area contributed by atoms with Crippen LogP contribution in [0.5, 0.6) is 0 Å². The van der Waals surface area contributed by atoms with Crippen LogP contribution in [0.3, 0.4) is 0 Å². The van der Waals surface area contributed by atoms with Crippen LogP contribution in [-0.2, 0) is 4.74 Å². The lowest BCUT2D eigenvalue weighted by atomic mass is 9.99. The number of hydrogen-bond donors (Lipinski definition) is 1. The van der Waals surface area contributed by atoms with Gasteiger partial charge in [0.15, 0.2) is 0 Å². The molecule has 0 bridgehead atoms. The van der Waals surface area contributed by atoms with Gasteiger partial charge in [0.1, 0.15) is 0 Å². The van der Waals surface area contributed by atoms with E-state index in [1.54, 1.807) is 0 Å². The molecule has 0 aromatic heterocycles. The number of hydrogen-bond acceptors (Lipinski definition) is 2. The molecule has 2 heteroatoms. The first-order chi connectivity index (χ1) is 6.34.